The average Bonchev–Trinajstić information content (AvgIpc) is 2.93. The maximum absolute atomic E-state index is 12.9. The van der Waals surface area contributed by atoms with Crippen molar-refractivity contribution in [3.05, 3.63) is 28.5 Å². The molecule has 2 rings (SSSR count). The zero-order chi connectivity index (χ0) is 10.1. The summed E-state index contributed by atoms with van der Waals surface area (Å²) in [6.45, 7) is 0. The second-order valence-electron chi connectivity index (χ2n) is 3.19. The molecule has 0 amide bonds. The van der Waals surface area contributed by atoms with Crippen molar-refractivity contribution in [2.45, 2.75) is 18.9 Å². The lowest BCUT2D eigenvalue weighted by atomic mass is 10.2. The highest BCUT2D eigenvalue weighted by atomic mass is 35.5. The van der Waals surface area contributed by atoms with E-state index in [1.807, 2.05) is 6.07 Å². The molecule has 72 valence electrons. The van der Waals surface area contributed by atoms with Gasteiger partial charge in [0.05, 0.1) is 16.7 Å². The molecule has 0 saturated heterocycles. The third-order valence-corrected chi connectivity index (χ3v) is 2.22. The number of nitrogens with zero attached hydrogens (tertiary/aromatic N) is 1. The van der Waals surface area contributed by atoms with Crippen LogP contribution in [0.2, 0.25) is 5.02 Å². The van der Waals surface area contributed by atoms with E-state index in [1.54, 1.807) is 0 Å². The number of ether oxygens (including phenoxy) is 1. The summed E-state index contributed by atoms with van der Waals surface area (Å²) in [4.78, 5) is 0. The first-order valence-electron chi connectivity index (χ1n) is 4.26. The van der Waals surface area contributed by atoms with Crippen LogP contribution >= 0.6 is 11.6 Å². The van der Waals surface area contributed by atoms with E-state index in [9.17, 15) is 4.39 Å². The SMILES string of the molecule is N#Cc1cc(F)cc(Cl)c1OC1CC1. The normalized spacial score (nSPS) is 14.9. The van der Waals surface area contributed by atoms with Crippen LogP contribution in [-0.4, -0.2) is 6.10 Å². The van der Waals surface area contributed by atoms with Crippen LogP contribution in [0.5, 0.6) is 5.75 Å². The number of nitriles is 1. The van der Waals surface area contributed by atoms with Crippen LogP contribution in [0.4, 0.5) is 4.39 Å². The summed E-state index contributed by atoms with van der Waals surface area (Å²) in [5, 5.41) is 8.91. The van der Waals surface area contributed by atoms with Crippen molar-refractivity contribution in [3.63, 3.8) is 0 Å². The Morgan fingerprint density at radius 2 is 2.21 bits per heavy atom. The fourth-order valence-electron chi connectivity index (χ4n) is 1.12. The van der Waals surface area contributed by atoms with Gasteiger partial charge in [-0.3, -0.25) is 0 Å². The molecule has 1 aromatic carbocycles. The summed E-state index contributed by atoms with van der Waals surface area (Å²) in [5.74, 6) is -0.215. The minimum Gasteiger partial charge on any atom is -0.487 e. The standard InChI is InChI=1S/C10H7ClFNO/c11-9-4-7(12)3-6(5-13)10(9)14-8-1-2-8/h3-4,8H,1-2H2. The smallest absolute Gasteiger partial charge is 0.156 e. The van der Waals surface area contributed by atoms with Gasteiger partial charge < -0.3 is 4.74 Å². The quantitative estimate of drug-likeness (QED) is 0.754. The van der Waals surface area contributed by atoms with E-state index in [4.69, 9.17) is 21.6 Å². The molecule has 0 atom stereocenters. The first kappa shape index (κ1) is 9.29. The van der Waals surface area contributed by atoms with Crippen LogP contribution in [0.25, 0.3) is 0 Å². The molecular weight excluding hydrogens is 205 g/mol. The Bertz CT molecular complexity index is 409. The van der Waals surface area contributed by atoms with Crippen molar-refractivity contribution in [2.24, 2.45) is 0 Å². The molecule has 2 nitrogen and oxygen atoms in total. The largest absolute Gasteiger partial charge is 0.487 e. The Labute approximate surface area is 85.9 Å². The lowest BCUT2D eigenvalue weighted by Crippen LogP contribution is -1.99. The minimum atomic E-state index is -0.519. The average molecular weight is 212 g/mol. The van der Waals surface area contributed by atoms with Gasteiger partial charge in [-0.1, -0.05) is 11.6 Å². The zero-order valence-corrected chi connectivity index (χ0v) is 8.01. The van der Waals surface area contributed by atoms with E-state index in [0.717, 1.165) is 25.0 Å². The predicted octanol–water partition coefficient (Wildman–Crippen LogP) is 2.89. The second-order valence-corrected chi connectivity index (χ2v) is 3.60. The van der Waals surface area contributed by atoms with Gasteiger partial charge in [-0.15, -0.1) is 0 Å². The molecule has 0 N–H and O–H groups in total. The molecule has 1 saturated carbocycles. The van der Waals surface area contributed by atoms with Crippen LogP contribution in [0, 0.1) is 17.1 Å². The number of rotatable bonds is 2. The van der Waals surface area contributed by atoms with Gasteiger partial charge >= 0.3 is 0 Å². The Morgan fingerprint density at radius 1 is 1.50 bits per heavy atom. The van der Waals surface area contributed by atoms with Gasteiger partial charge in [0.2, 0.25) is 0 Å². The van der Waals surface area contributed by atoms with Crippen molar-refractivity contribution in [1.29, 1.82) is 5.26 Å². The zero-order valence-electron chi connectivity index (χ0n) is 7.26. The molecule has 0 radical (unpaired) electrons. The molecule has 4 heteroatoms. The Hall–Kier alpha value is -1.27. The van der Waals surface area contributed by atoms with Gasteiger partial charge in [0.1, 0.15) is 11.9 Å². The number of hydrogen-bond acceptors (Lipinski definition) is 2. The van der Waals surface area contributed by atoms with E-state index < -0.39 is 5.82 Å². The predicted molar refractivity (Wildman–Crippen MR) is 49.8 cm³/mol. The lowest BCUT2D eigenvalue weighted by molar-refractivity contribution is 0.302. The molecule has 1 fully saturated rings. The lowest BCUT2D eigenvalue weighted by Gasteiger charge is -2.08. The van der Waals surface area contributed by atoms with E-state index in [2.05, 4.69) is 0 Å². The van der Waals surface area contributed by atoms with E-state index in [-0.39, 0.29) is 16.7 Å². The Kier molecular flexibility index (Phi) is 2.30. The Balaban J connectivity index is 2.39. The molecule has 0 spiro atoms. The summed E-state index contributed by atoms with van der Waals surface area (Å²) < 4.78 is 18.3. The van der Waals surface area contributed by atoms with Gasteiger partial charge in [0.25, 0.3) is 0 Å². The summed E-state index contributed by atoms with van der Waals surface area (Å²) in [7, 11) is 0. The molecule has 0 aliphatic heterocycles. The highest BCUT2D eigenvalue weighted by Crippen LogP contribution is 2.35. The molecule has 0 aromatic heterocycles. The van der Waals surface area contributed by atoms with Gasteiger partial charge in [-0.2, -0.15) is 5.26 Å². The first-order valence-corrected chi connectivity index (χ1v) is 4.64. The van der Waals surface area contributed by atoms with Gasteiger partial charge in [-0.05, 0) is 25.0 Å². The van der Waals surface area contributed by atoms with Crippen molar-refractivity contribution in [3.8, 4) is 11.8 Å². The van der Waals surface area contributed by atoms with E-state index in [0.29, 0.717) is 5.75 Å². The first-order chi connectivity index (χ1) is 6.70. The van der Waals surface area contributed by atoms with Crippen molar-refractivity contribution >= 4 is 11.6 Å². The van der Waals surface area contributed by atoms with Crippen LogP contribution in [0.15, 0.2) is 12.1 Å². The molecule has 1 aromatic rings. The van der Waals surface area contributed by atoms with Crippen molar-refractivity contribution in [2.75, 3.05) is 0 Å². The van der Waals surface area contributed by atoms with Crippen LogP contribution < -0.4 is 4.74 Å². The van der Waals surface area contributed by atoms with Crippen LogP contribution in [0.1, 0.15) is 18.4 Å². The summed E-state index contributed by atoms with van der Waals surface area (Å²) in [6, 6.07) is 4.14. The van der Waals surface area contributed by atoms with Gasteiger partial charge in [0.15, 0.2) is 5.75 Å². The summed E-state index contributed by atoms with van der Waals surface area (Å²) in [6.07, 6.45) is 2.09. The van der Waals surface area contributed by atoms with E-state index in [1.165, 1.54) is 0 Å². The number of hydrogen-bond donors (Lipinski definition) is 0. The fourth-order valence-corrected chi connectivity index (χ4v) is 1.37. The third kappa shape index (κ3) is 1.80. The summed E-state index contributed by atoms with van der Waals surface area (Å²) >= 11 is 5.77. The number of benzene rings is 1. The molecule has 0 unspecified atom stereocenters. The summed E-state index contributed by atoms with van der Waals surface area (Å²) in [5.41, 5.74) is 0.155. The van der Waals surface area contributed by atoms with Crippen molar-refractivity contribution < 1.29 is 9.13 Å². The molecule has 14 heavy (non-hydrogen) atoms. The molecular formula is C10H7ClFNO. The highest BCUT2D eigenvalue weighted by Gasteiger charge is 2.26. The highest BCUT2D eigenvalue weighted by molar-refractivity contribution is 6.32. The molecule has 0 heterocycles. The molecule has 0 bridgehead atoms. The van der Waals surface area contributed by atoms with Gasteiger partial charge in [-0.25, -0.2) is 4.39 Å². The minimum absolute atomic E-state index is 0.144. The fraction of sp³-hybridized carbons (Fsp3) is 0.300. The maximum atomic E-state index is 12.9. The van der Waals surface area contributed by atoms with Crippen molar-refractivity contribution in [1.82, 2.24) is 0 Å². The third-order valence-electron chi connectivity index (χ3n) is 1.94. The number of halogens is 2. The van der Waals surface area contributed by atoms with Crippen LogP contribution in [-0.2, 0) is 0 Å². The molecule has 1 aliphatic rings. The Morgan fingerprint density at radius 3 is 2.79 bits per heavy atom. The molecule has 1 aliphatic carbocycles. The maximum Gasteiger partial charge on any atom is 0.156 e. The second kappa shape index (κ2) is 3.47. The van der Waals surface area contributed by atoms with Crippen LogP contribution in [0.3, 0.4) is 0 Å². The van der Waals surface area contributed by atoms with E-state index >= 15 is 0 Å². The topological polar surface area (TPSA) is 33.0 Å². The monoisotopic (exact) mass is 211 g/mol. The van der Waals surface area contributed by atoms with Gasteiger partial charge in [0, 0.05) is 0 Å².